The lowest BCUT2D eigenvalue weighted by molar-refractivity contribution is -0.138. The summed E-state index contributed by atoms with van der Waals surface area (Å²) in [4.78, 5) is 0. The van der Waals surface area contributed by atoms with Crippen LogP contribution in [0.25, 0.3) is 0 Å². The lowest BCUT2D eigenvalue weighted by Gasteiger charge is -2.15. The summed E-state index contributed by atoms with van der Waals surface area (Å²) in [6.45, 7) is 0. The van der Waals surface area contributed by atoms with Crippen LogP contribution in [0.15, 0.2) is 18.2 Å². The van der Waals surface area contributed by atoms with Gasteiger partial charge in [-0.25, -0.2) is 0 Å². The number of phenols is 1. The fraction of sp³-hybridized carbons (Fsp3) is 0.333. The molecule has 2 nitrogen and oxygen atoms in total. The zero-order valence-electron chi connectivity index (χ0n) is 7.55. The van der Waals surface area contributed by atoms with Gasteiger partial charge in [0, 0.05) is 16.6 Å². The molecule has 0 heterocycles. The fourth-order valence-corrected chi connectivity index (χ4v) is 1.36. The molecule has 1 aromatic rings. The zero-order chi connectivity index (χ0) is 11.6. The Morgan fingerprint density at radius 1 is 1.40 bits per heavy atom. The second-order valence-corrected chi connectivity index (χ2v) is 3.57. The van der Waals surface area contributed by atoms with Crippen molar-refractivity contribution in [2.24, 2.45) is 5.73 Å². The molecule has 0 aliphatic carbocycles. The monoisotopic (exact) mass is 239 g/mol. The van der Waals surface area contributed by atoms with Gasteiger partial charge in [0.2, 0.25) is 0 Å². The Hall–Kier alpha value is -0.940. The first kappa shape index (κ1) is 12.1. The average Bonchev–Trinajstić information content (AvgIpc) is 2.06. The van der Waals surface area contributed by atoms with Crippen LogP contribution in [-0.4, -0.2) is 11.3 Å². The zero-order valence-corrected chi connectivity index (χ0v) is 8.31. The van der Waals surface area contributed by atoms with E-state index >= 15 is 0 Å². The van der Waals surface area contributed by atoms with E-state index in [2.05, 4.69) is 0 Å². The third-order valence-corrected chi connectivity index (χ3v) is 2.08. The minimum atomic E-state index is -4.37. The van der Waals surface area contributed by atoms with Gasteiger partial charge < -0.3 is 10.8 Å². The van der Waals surface area contributed by atoms with Crippen LogP contribution < -0.4 is 5.73 Å². The third kappa shape index (κ3) is 3.60. The number of alkyl halides is 3. The summed E-state index contributed by atoms with van der Waals surface area (Å²) in [7, 11) is 0. The molecule has 15 heavy (non-hydrogen) atoms. The van der Waals surface area contributed by atoms with Crippen molar-refractivity contribution in [2.75, 3.05) is 0 Å². The maximum atomic E-state index is 12.0. The lowest BCUT2D eigenvalue weighted by atomic mass is 10.0. The molecule has 0 fully saturated rings. The fourth-order valence-electron chi connectivity index (χ4n) is 1.18. The molecule has 0 aliphatic rings. The van der Waals surface area contributed by atoms with E-state index < -0.39 is 18.6 Å². The van der Waals surface area contributed by atoms with Crippen molar-refractivity contribution >= 4 is 11.6 Å². The second kappa shape index (κ2) is 4.28. The Morgan fingerprint density at radius 2 is 2.00 bits per heavy atom. The number of halogens is 4. The summed E-state index contributed by atoms with van der Waals surface area (Å²) >= 11 is 5.58. The first-order valence-corrected chi connectivity index (χ1v) is 4.48. The van der Waals surface area contributed by atoms with Gasteiger partial charge in [0.1, 0.15) is 5.75 Å². The van der Waals surface area contributed by atoms with E-state index in [1.54, 1.807) is 0 Å². The first-order chi connectivity index (χ1) is 6.79. The van der Waals surface area contributed by atoms with Gasteiger partial charge in [0.25, 0.3) is 0 Å². The van der Waals surface area contributed by atoms with E-state index in [1.807, 2.05) is 0 Å². The Labute approximate surface area is 89.5 Å². The van der Waals surface area contributed by atoms with Crippen molar-refractivity contribution in [3.8, 4) is 5.75 Å². The van der Waals surface area contributed by atoms with Crippen molar-refractivity contribution in [1.82, 2.24) is 0 Å². The van der Waals surface area contributed by atoms with Crippen molar-refractivity contribution in [2.45, 2.75) is 18.6 Å². The predicted molar refractivity (Wildman–Crippen MR) is 50.7 cm³/mol. The molecule has 84 valence electrons. The van der Waals surface area contributed by atoms with E-state index in [0.29, 0.717) is 0 Å². The number of nitrogens with two attached hydrogens (primary N) is 1. The van der Waals surface area contributed by atoms with E-state index in [-0.39, 0.29) is 16.3 Å². The summed E-state index contributed by atoms with van der Waals surface area (Å²) in [5, 5.41) is 9.53. The van der Waals surface area contributed by atoms with Crippen LogP contribution in [0.4, 0.5) is 13.2 Å². The number of rotatable bonds is 2. The Kier molecular flexibility index (Phi) is 3.46. The van der Waals surface area contributed by atoms with Gasteiger partial charge in [-0.1, -0.05) is 11.6 Å². The molecular weight excluding hydrogens is 231 g/mol. The van der Waals surface area contributed by atoms with Crippen LogP contribution in [0, 0.1) is 0 Å². The molecular formula is C9H9ClF3NO. The van der Waals surface area contributed by atoms with Crippen LogP contribution in [0.5, 0.6) is 5.75 Å². The normalized spacial score (nSPS) is 13.9. The van der Waals surface area contributed by atoms with Gasteiger partial charge in [-0.2, -0.15) is 13.2 Å². The molecule has 1 aromatic carbocycles. The van der Waals surface area contributed by atoms with Crippen LogP contribution in [-0.2, 0) is 0 Å². The highest BCUT2D eigenvalue weighted by molar-refractivity contribution is 6.30. The van der Waals surface area contributed by atoms with E-state index in [4.69, 9.17) is 17.3 Å². The molecule has 0 aliphatic heterocycles. The number of phenolic OH excluding ortho intramolecular Hbond substituents is 1. The van der Waals surface area contributed by atoms with Crippen LogP contribution in [0.3, 0.4) is 0 Å². The largest absolute Gasteiger partial charge is 0.508 e. The van der Waals surface area contributed by atoms with Gasteiger partial charge in [0.05, 0.1) is 6.42 Å². The highest BCUT2D eigenvalue weighted by Gasteiger charge is 2.31. The first-order valence-electron chi connectivity index (χ1n) is 4.10. The molecule has 0 saturated carbocycles. The number of hydrogen-bond donors (Lipinski definition) is 2. The van der Waals surface area contributed by atoms with Crippen LogP contribution in [0.2, 0.25) is 5.02 Å². The third-order valence-electron chi connectivity index (χ3n) is 1.84. The average molecular weight is 240 g/mol. The van der Waals surface area contributed by atoms with Crippen LogP contribution in [0.1, 0.15) is 18.0 Å². The molecule has 1 atom stereocenters. The van der Waals surface area contributed by atoms with E-state index in [0.717, 1.165) is 0 Å². The maximum absolute atomic E-state index is 12.0. The van der Waals surface area contributed by atoms with Gasteiger partial charge in [-0.3, -0.25) is 0 Å². The van der Waals surface area contributed by atoms with Gasteiger partial charge in [0.15, 0.2) is 0 Å². The Morgan fingerprint density at radius 3 is 2.53 bits per heavy atom. The molecule has 1 rings (SSSR count). The molecule has 0 radical (unpaired) electrons. The second-order valence-electron chi connectivity index (χ2n) is 3.13. The standard InChI is InChI=1S/C9H9ClF3NO/c10-5-1-2-8(15)6(3-5)7(14)4-9(11,12)13/h1-3,7,15H,4,14H2/t7-/m0/s1. The summed E-state index contributed by atoms with van der Waals surface area (Å²) in [5.74, 6) is -0.281. The molecule has 0 unspecified atom stereocenters. The maximum Gasteiger partial charge on any atom is 0.390 e. The van der Waals surface area contributed by atoms with Crippen molar-refractivity contribution < 1.29 is 18.3 Å². The van der Waals surface area contributed by atoms with Crippen molar-refractivity contribution in [3.63, 3.8) is 0 Å². The number of hydrogen-bond acceptors (Lipinski definition) is 2. The Bertz CT molecular complexity index is 354. The predicted octanol–water partition coefficient (Wildman–Crippen LogP) is 3.00. The molecule has 0 aromatic heterocycles. The summed E-state index contributed by atoms with van der Waals surface area (Å²) in [6, 6.07) is 2.52. The SMILES string of the molecule is N[C@@H](CC(F)(F)F)c1cc(Cl)ccc1O. The number of aromatic hydroxyl groups is 1. The van der Waals surface area contributed by atoms with Crippen molar-refractivity contribution in [3.05, 3.63) is 28.8 Å². The molecule has 0 spiro atoms. The summed E-state index contributed by atoms with van der Waals surface area (Å²) in [5.41, 5.74) is 5.31. The molecule has 0 bridgehead atoms. The van der Waals surface area contributed by atoms with Gasteiger partial charge in [-0.05, 0) is 18.2 Å². The van der Waals surface area contributed by atoms with E-state index in [9.17, 15) is 18.3 Å². The lowest BCUT2D eigenvalue weighted by Crippen LogP contribution is -2.20. The van der Waals surface area contributed by atoms with Gasteiger partial charge in [-0.15, -0.1) is 0 Å². The number of benzene rings is 1. The highest BCUT2D eigenvalue weighted by Crippen LogP contribution is 2.33. The highest BCUT2D eigenvalue weighted by atomic mass is 35.5. The topological polar surface area (TPSA) is 46.2 Å². The summed E-state index contributed by atoms with van der Waals surface area (Å²) < 4.78 is 36.1. The van der Waals surface area contributed by atoms with E-state index in [1.165, 1.54) is 18.2 Å². The summed E-state index contributed by atoms with van der Waals surface area (Å²) in [6.07, 6.45) is -5.56. The quantitative estimate of drug-likeness (QED) is 0.833. The minimum absolute atomic E-state index is 0.000162. The molecule has 0 saturated heterocycles. The molecule has 0 amide bonds. The van der Waals surface area contributed by atoms with Gasteiger partial charge >= 0.3 is 6.18 Å². The molecule has 6 heteroatoms. The van der Waals surface area contributed by atoms with Crippen LogP contribution >= 0.6 is 11.6 Å². The minimum Gasteiger partial charge on any atom is -0.508 e. The van der Waals surface area contributed by atoms with Crippen molar-refractivity contribution in [1.29, 1.82) is 0 Å². The smallest absolute Gasteiger partial charge is 0.390 e. The molecule has 3 N–H and O–H groups in total. The Balaban J connectivity index is 2.90.